The SMILES string of the molecule is CC1=Cc2c(cnn2-c2ccc(F)cc2)C[C@]1(C)CC(O)c1ccc(F)cc1. The number of aliphatic hydroxyl groups excluding tert-OH is 1. The van der Waals surface area contributed by atoms with E-state index in [1.807, 2.05) is 10.9 Å². The van der Waals surface area contributed by atoms with Crippen LogP contribution in [0, 0.1) is 17.0 Å². The van der Waals surface area contributed by atoms with Crippen molar-refractivity contribution in [2.24, 2.45) is 5.41 Å². The molecule has 1 aliphatic rings. The van der Waals surface area contributed by atoms with Gasteiger partial charge in [-0.05, 0) is 78.8 Å². The second kappa shape index (κ2) is 6.99. The molecule has 1 aromatic heterocycles. The lowest BCUT2D eigenvalue weighted by atomic mass is 9.70. The zero-order chi connectivity index (χ0) is 19.9. The second-order valence-electron chi connectivity index (χ2n) is 7.78. The summed E-state index contributed by atoms with van der Waals surface area (Å²) >= 11 is 0. The summed E-state index contributed by atoms with van der Waals surface area (Å²) in [6.45, 7) is 4.19. The van der Waals surface area contributed by atoms with E-state index in [0.29, 0.717) is 12.0 Å². The van der Waals surface area contributed by atoms with Crippen molar-refractivity contribution in [3.63, 3.8) is 0 Å². The van der Waals surface area contributed by atoms with Crippen LogP contribution >= 0.6 is 0 Å². The van der Waals surface area contributed by atoms with Gasteiger partial charge in [-0.3, -0.25) is 0 Å². The molecule has 144 valence electrons. The maximum absolute atomic E-state index is 13.2. The molecule has 0 fully saturated rings. The van der Waals surface area contributed by atoms with Crippen LogP contribution in [0.15, 0.2) is 60.3 Å². The molecule has 1 N–H and O–H groups in total. The van der Waals surface area contributed by atoms with Gasteiger partial charge in [0.1, 0.15) is 11.6 Å². The summed E-state index contributed by atoms with van der Waals surface area (Å²) in [5.41, 5.74) is 4.49. The van der Waals surface area contributed by atoms with E-state index in [-0.39, 0.29) is 17.0 Å². The summed E-state index contributed by atoms with van der Waals surface area (Å²) in [5.74, 6) is -0.590. The maximum atomic E-state index is 13.2. The first-order valence-electron chi connectivity index (χ1n) is 9.31. The van der Waals surface area contributed by atoms with Crippen LogP contribution in [0.25, 0.3) is 11.8 Å². The van der Waals surface area contributed by atoms with E-state index in [2.05, 4.69) is 25.0 Å². The minimum Gasteiger partial charge on any atom is -0.388 e. The molecule has 0 saturated heterocycles. The molecule has 0 saturated carbocycles. The lowest BCUT2D eigenvalue weighted by molar-refractivity contribution is 0.121. The monoisotopic (exact) mass is 380 g/mol. The Morgan fingerprint density at radius 2 is 1.68 bits per heavy atom. The highest BCUT2D eigenvalue weighted by atomic mass is 19.1. The maximum Gasteiger partial charge on any atom is 0.123 e. The van der Waals surface area contributed by atoms with E-state index in [9.17, 15) is 13.9 Å². The van der Waals surface area contributed by atoms with Gasteiger partial charge in [0.05, 0.1) is 23.7 Å². The number of rotatable bonds is 4. The Labute approximate surface area is 163 Å². The lowest BCUT2D eigenvalue weighted by Crippen LogP contribution is -2.27. The summed E-state index contributed by atoms with van der Waals surface area (Å²) in [4.78, 5) is 0. The van der Waals surface area contributed by atoms with Gasteiger partial charge in [-0.2, -0.15) is 5.10 Å². The van der Waals surface area contributed by atoms with Crippen molar-refractivity contribution < 1.29 is 13.9 Å². The predicted molar refractivity (Wildman–Crippen MR) is 105 cm³/mol. The fraction of sp³-hybridized carbons (Fsp3) is 0.261. The van der Waals surface area contributed by atoms with Gasteiger partial charge in [0.15, 0.2) is 0 Å². The van der Waals surface area contributed by atoms with E-state index in [1.54, 1.807) is 24.3 Å². The molecule has 0 bridgehead atoms. The number of aromatic nitrogens is 2. The first-order valence-corrected chi connectivity index (χ1v) is 9.31. The molecule has 2 atom stereocenters. The molecule has 0 amide bonds. The molecule has 0 aliphatic heterocycles. The van der Waals surface area contributed by atoms with Crippen molar-refractivity contribution in [2.45, 2.75) is 32.8 Å². The van der Waals surface area contributed by atoms with Gasteiger partial charge in [0.2, 0.25) is 0 Å². The van der Waals surface area contributed by atoms with Gasteiger partial charge in [-0.1, -0.05) is 24.6 Å². The zero-order valence-electron chi connectivity index (χ0n) is 15.9. The fourth-order valence-electron chi connectivity index (χ4n) is 3.87. The van der Waals surface area contributed by atoms with Crippen molar-refractivity contribution in [3.8, 4) is 5.69 Å². The van der Waals surface area contributed by atoms with E-state index in [1.165, 1.54) is 24.3 Å². The molecule has 5 heteroatoms. The number of fused-ring (bicyclic) bond motifs is 1. The molecular formula is C23H22F2N2O. The predicted octanol–water partition coefficient (Wildman–Crippen LogP) is 5.24. The highest BCUT2D eigenvalue weighted by Crippen LogP contribution is 2.44. The third kappa shape index (κ3) is 3.38. The molecular weight excluding hydrogens is 358 g/mol. The van der Waals surface area contributed by atoms with Gasteiger partial charge in [-0.15, -0.1) is 0 Å². The molecule has 28 heavy (non-hydrogen) atoms. The van der Waals surface area contributed by atoms with Crippen molar-refractivity contribution >= 4 is 6.08 Å². The first kappa shape index (κ1) is 18.6. The van der Waals surface area contributed by atoms with E-state index in [0.717, 1.165) is 28.9 Å². The molecule has 0 spiro atoms. The quantitative estimate of drug-likeness (QED) is 0.672. The molecule has 4 rings (SSSR count). The average Bonchev–Trinajstić information content (AvgIpc) is 3.05. The number of hydrogen-bond acceptors (Lipinski definition) is 2. The van der Waals surface area contributed by atoms with Crippen LogP contribution in [0.3, 0.4) is 0 Å². The number of hydrogen-bond donors (Lipinski definition) is 1. The number of halogens is 2. The van der Waals surface area contributed by atoms with Crippen molar-refractivity contribution in [2.75, 3.05) is 0 Å². The Balaban J connectivity index is 1.61. The molecule has 1 heterocycles. The van der Waals surface area contributed by atoms with E-state index < -0.39 is 6.10 Å². The van der Waals surface area contributed by atoms with Crippen LogP contribution in [0.1, 0.15) is 43.2 Å². The highest BCUT2D eigenvalue weighted by molar-refractivity contribution is 5.60. The number of benzene rings is 2. The van der Waals surface area contributed by atoms with Gasteiger partial charge in [-0.25, -0.2) is 13.5 Å². The van der Waals surface area contributed by atoms with Crippen molar-refractivity contribution in [1.29, 1.82) is 0 Å². The third-order valence-electron chi connectivity index (χ3n) is 5.74. The Hall–Kier alpha value is -2.79. The molecule has 3 aromatic rings. The standard InChI is InChI=1S/C23H22F2N2O/c1-15-11-21-17(14-26-27(21)20-9-7-19(25)8-10-20)12-23(15,2)13-22(28)16-3-5-18(24)6-4-16/h3-11,14,22,28H,12-13H2,1-2H3/t22?,23-/m1/s1. The minimum absolute atomic E-state index is 0.239. The fourth-order valence-corrected chi connectivity index (χ4v) is 3.87. The third-order valence-corrected chi connectivity index (χ3v) is 5.74. The Bertz CT molecular complexity index is 1020. The first-order chi connectivity index (χ1) is 13.4. The number of allylic oxidation sites excluding steroid dienone is 1. The van der Waals surface area contributed by atoms with Crippen LogP contribution in [0.4, 0.5) is 8.78 Å². The van der Waals surface area contributed by atoms with E-state index >= 15 is 0 Å². The summed E-state index contributed by atoms with van der Waals surface area (Å²) in [6, 6.07) is 12.3. The average molecular weight is 380 g/mol. The summed E-state index contributed by atoms with van der Waals surface area (Å²) in [7, 11) is 0. The smallest absolute Gasteiger partial charge is 0.123 e. The topological polar surface area (TPSA) is 38.0 Å². The minimum atomic E-state index is -0.678. The molecule has 3 nitrogen and oxygen atoms in total. The number of aliphatic hydroxyl groups is 1. The Morgan fingerprint density at radius 3 is 2.32 bits per heavy atom. The lowest BCUT2D eigenvalue weighted by Gasteiger charge is -2.36. The summed E-state index contributed by atoms with van der Waals surface area (Å²) in [6.07, 6.45) is 4.52. The number of nitrogens with zero attached hydrogens (tertiary/aromatic N) is 2. The van der Waals surface area contributed by atoms with Crippen LogP contribution < -0.4 is 0 Å². The molecule has 2 aromatic carbocycles. The van der Waals surface area contributed by atoms with Gasteiger partial charge in [0, 0.05) is 0 Å². The largest absolute Gasteiger partial charge is 0.388 e. The summed E-state index contributed by atoms with van der Waals surface area (Å²) in [5, 5.41) is 15.2. The Kier molecular flexibility index (Phi) is 4.63. The van der Waals surface area contributed by atoms with Crippen LogP contribution in [-0.2, 0) is 6.42 Å². The molecule has 1 aliphatic carbocycles. The highest BCUT2D eigenvalue weighted by Gasteiger charge is 2.35. The van der Waals surface area contributed by atoms with E-state index in [4.69, 9.17) is 0 Å². The molecule has 1 unspecified atom stereocenters. The van der Waals surface area contributed by atoms with Crippen LogP contribution in [-0.4, -0.2) is 14.9 Å². The van der Waals surface area contributed by atoms with Crippen molar-refractivity contribution in [1.82, 2.24) is 9.78 Å². The summed E-state index contributed by atoms with van der Waals surface area (Å²) < 4.78 is 28.2. The molecule has 0 radical (unpaired) electrons. The van der Waals surface area contributed by atoms with Crippen molar-refractivity contribution in [3.05, 3.63) is 88.8 Å². The van der Waals surface area contributed by atoms with Crippen LogP contribution in [0.2, 0.25) is 0 Å². The van der Waals surface area contributed by atoms with Gasteiger partial charge < -0.3 is 5.11 Å². The van der Waals surface area contributed by atoms with Crippen LogP contribution in [0.5, 0.6) is 0 Å². The zero-order valence-corrected chi connectivity index (χ0v) is 15.9. The Morgan fingerprint density at radius 1 is 1.07 bits per heavy atom. The normalized spacial score (nSPS) is 19.8. The van der Waals surface area contributed by atoms with Gasteiger partial charge >= 0.3 is 0 Å². The second-order valence-corrected chi connectivity index (χ2v) is 7.78. The van der Waals surface area contributed by atoms with Gasteiger partial charge in [0.25, 0.3) is 0 Å².